The van der Waals surface area contributed by atoms with E-state index in [4.69, 9.17) is 0 Å². The monoisotopic (exact) mass is 355 g/mol. The van der Waals surface area contributed by atoms with Crippen LogP contribution in [0.15, 0.2) is 36.4 Å². The Bertz CT molecular complexity index is 821. The quantitative estimate of drug-likeness (QED) is 0.869. The first-order valence-corrected chi connectivity index (χ1v) is 9.39. The molecule has 2 aliphatic rings. The van der Waals surface area contributed by atoms with Gasteiger partial charge < -0.3 is 10.2 Å². The van der Waals surface area contributed by atoms with Crippen LogP contribution in [0.1, 0.15) is 47.9 Å². The fraction of sp³-hybridized carbons (Fsp3) is 0.455. The van der Waals surface area contributed by atoms with Crippen LogP contribution < -0.4 is 0 Å². The van der Waals surface area contributed by atoms with Crippen LogP contribution >= 0.6 is 0 Å². The van der Waals surface area contributed by atoms with Crippen LogP contribution in [-0.4, -0.2) is 27.2 Å². The first-order valence-electron chi connectivity index (χ1n) is 9.39. The van der Waals surface area contributed by atoms with Gasteiger partial charge in [0.05, 0.1) is 5.60 Å². The molecule has 26 heavy (non-hydrogen) atoms. The molecule has 2 bridgehead atoms. The van der Waals surface area contributed by atoms with Gasteiger partial charge in [0.15, 0.2) is 0 Å². The van der Waals surface area contributed by atoms with Gasteiger partial charge in [0.2, 0.25) is 0 Å². The van der Waals surface area contributed by atoms with Crippen molar-refractivity contribution >= 4 is 0 Å². The van der Waals surface area contributed by atoms with Gasteiger partial charge in [-0.05, 0) is 51.2 Å². The van der Waals surface area contributed by atoms with Crippen LogP contribution in [0.3, 0.4) is 0 Å². The molecule has 2 fully saturated rings. The van der Waals surface area contributed by atoms with Gasteiger partial charge in [-0.2, -0.15) is 0 Å². The summed E-state index contributed by atoms with van der Waals surface area (Å²) < 4.78 is 14.3. The standard InChI is InChI=1S/C22H26FNO2/c1-14-9-15(2)21(25)16(10-14)13-24-17-7-8-18(24)12-22(26,11-17)19-5-3-4-6-20(19)23/h3-6,9-10,17-18,25-26H,7-8,11-13H2,1-2H3. The summed E-state index contributed by atoms with van der Waals surface area (Å²) in [6.07, 6.45) is 3.09. The van der Waals surface area contributed by atoms with Gasteiger partial charge >= 0.3 is 0 Å². The number of phenolic OH excluding ortho intramolecular Hbond substituents is 1. The molecule has 0 aromatic heterocycles. The molecular weight excluding hydrogens is 329 g/mol. The highest BCUT2D eigenvalue weighted by Crippen LogP contribution is 2.47. The number of phenols is 1. The molecule has 4 rings (SSSR count). The highest BCUT2D eigenvalue weighted by Gasteiger charge is 2.49. The second kappa shape index (κ2) is 6.36. The Balaban J connectivity index is 1.59. The molecule has 0 amide bonds. The van der Waals surface area contributed by atoms with Gasteiger partial charge in [0, 0.05) is 29.8 Å². The molecule has 2 unspecified atom stereocenters. The van der Waals surface area contributed by atoms with Crippen molar-refractivity contribution in [3.8, 4) is 5.75 Å². The van der Waals surface area contributed by atoms with Crippen LogP contribution in [0.5, 0.6) is 5.75 Å². The molecule has 2 aromatic rings. The maximum atomic E-state index is 14.3. The molecule has 4 heteroatoms. The summed E-state index contributed by atoms with van der Waals surface area (Å²) in [7, 11) is 0. The van der Waals surface area contributed by atoms with E-state index < -0.39 is 5.60 Å². The smallest absolute Gasteiger partial charge is 0.129 e. The second-order valence-electron chi connectivity index (χ2n) is 8.07. The topological polar surface area (TPSA) is 43.7 Å². The molecule has 2 N–H and O–H groups in total. The summed E-state index contributed by atoms with van der Waals surface area (Å²) in [6, 6.07) is 11.0. The minimum atomic E-state index is -1.10. The number of benzene rings is 2. The Morgan fingerprint density at radius 2 is 1.77 bits per heavy atom. The molecule has 2 aliphatic heterocycles. The Morgan fingerprint density at radius 3 is 2.42 bits per heavy atom. The summed E-state index contributed by atoms with van der Waals surface area (Å²) in [5.74, 6) is 0.0414. The normalized spacial score (nSPS) is 28.5. The third-order valence-corrected chi connectivity index (χ3v) is 6.17. The van der Waals surface area contributed by atoms with Gasteiger partial charge in [-0.3, -0.25) is 4.90 Å². The van der Waals surface area contributed by atoms with E-state index in [0.29, 0.717) is 30.7 Å². The zero-order chi connectivity index (χ0) is 18.5. The minimum absolute atomic E-state index is 0.207. The first kappa shape index (κ1) is 17.5. The molecule has 0 saturated carbocycles. The number of hydrogen-bond donors (Lipinski definition) is 2. The van der Waals surface area contributed by atoms with Crippen LogP contribution in [0, 0.1) is 19.7 Å². The van der Waals surface area contributed by atoms with Crippen molar-refractivity contribution in [3.63, 3.8) is 0 Å². The molecule has 0 aliphatic carbocycles. The van der Waals surface area contributed by atoms with Crippen molar-refractivity contribution in [1.82, 2.24) is 4.90 Å². The molecule has 2 atom stereocenters. The van der Waals surface area contributed by atoms with Crippen molar-refractivity contribution in [3.05, 3.63) is 64.5 Å². The number of aryl methyl sites for hydroxylation is 2. The van der Waals surface area contributed by atoms with E-state index >= 15 is 0 Å². The largest absolute Gasteiger partial charge is 0.507 e. The maximum Gasteiger partial charge on any atom is 0.129 e. The Kier molecular flexibility index (Phi) is 4.28. The van der Waals surface area contributed by atoms with E-state index in [-0.39, 0.29) is 17.9 Å². The SMILES string of the molecule is Cc1cc(C)c(O)c(CN2C3CCC2CC(O)(c2ccccc2F)C3)c1. The zero-order valence-electron chi connectivity index (χ0n) is 15.4. The maximum absolute atomic E-state index is 14.3. The molecular formula is C22H26FNO2. The summed E-state index contributed by atoms with van der Waals surface area (Å²) in [4.78, 5) is 2.39. The number of aliphatic hydroxyl groups is 1. The lowest BCUT2D eigenvalue weighted by atomic mass is 9.80. The fourth-order valence-corrected chi connectivity index (χ4v) is 5.00. The van der Waals surface area contributed by atoms with Crippen molar-refractivity contribution in [2.45, 2.75) is 63.8 Å². The van der Waals surface area contributed by atoms with Gasteiger partial charge in [-0.15, -0.1) is 0 Å². The molecule has 0 radical (unpaired) electrons. The number of halogens is 1. The second-order valence-corrected chi connectivity index (χ2v) is 8.07. The molecule has 0 spiro atoms. The minimum Gasteiger partial charge on any atom is -0.507 e. The lowest BCUT2D eigenvalue weighted by Crippen LogP contribution is -2.49. The predicted octanol–water partition coefficient (Wildman–Crippen LogP) is 4.16. The van der Waals surface area contributed by atoms with E-state index in [1.165, 1.54) is 6.07 Å². The lowest BCUT2D eigenvalue weighted by molar-refractivity contribution is -0.0616. The van der Waals surface area contributed by atoms with Crippen LogP contribution in [-0.2, 0) is 12.1 Å². The third-order valence-electron chi connectivity index (χ3n) is 6.17. The van der Waals surface area contributed by atoms with E-state index in [9.17, 15) is 14.6 Å². The lowest BCUT2D eigenvalue weighted by Gasteiger charge is -2.44. The Hall–Kier alpha value is -1.91. The van der Waals surface area contributed by atoms with Crippen molar-refractivity contribution < 1.29 is 14.6 Å². The molecule has 2 saturated heterocycles. The van der Waals surface area contributed by atoms with Gasteiger partial charge in [-0.25, -0.2) is 4.39 Å². The van der Waals surface area contributed by atoms with Gasteiger partial charge in [-0.1, -0.05) is 35.9 Å². The fourth-order valence-electron chi connectivity index (χ4n) is 5.00. The molecule has 3 nitrogen and oxygen atoms in total. The molecule has 138 valence electrons. The Morgan fingerprint density at radius 1 is 1.12 bits per heavy atom. The third kappa shape index (κ3) is 2.91. The zero-order valence-corrected chi connectivity index (χ0v) is 15.4. The summed E-state index contributed by atoms with van der Waals surface area (Å²) in [5, 5.41) is 21.7. The first-order chi connectivity index (χ1) is 12.4. The average molecular weight is 355 g/mol. The number of aromatic hydroxyl groups is 1. The van der Waals surface area contributed by atoms with E-state index in [1.807, 2.05) is 26.0 Å². The van der Waals surface area contributed by atoms with Crippen LogP contribution in [0.25, 0.3) is 0 Å². The number of nitrogens with zero attached hydrogens (tertiary/aromatic N) is 1. The van der Waals surface area contributed by atoms with E-state index in [2.05, 4.69) is 4.90 Å². The molecule has 2 heterocycles. The average Bonchev–Trinajstić information content (AvgIpc) is 2.83. The van der Waals surface area contributed by atoms with E-state index in [1.54, 1.807) is 18.2 Å². The Labute approximate surface area is 154 Å². The van der Waals surface area contributed by atoms with E-state index in [0.717, 1.165) is 29.5 Å². The predicted molar refractivity (Wildman–Crippen MR) is 99.5 cm³/mol. The summed E-state index contributed by atoms with van der Waals surface area (Å²) >= 11 is 0. The highest BCUT2D eigenvalue weighted by atomic mass is 19.1. The van der Waals surface area contributed by atoms with Crippen molar-refractivity contribution in [1.29, 1.82) is 0 Å². The van der Waals surface area contributed by atoms with Gasteiger partial charge in [0.1, 0.15) is 11.6 Å². The summed E-state index contributed by atoms with van der Waals surface area (Å²) in [6.45, 7) is 4.64. The molecule has 2 aromatic carbocycles. The van der Waals surface area contributed by atoms with Crippen LogP contribution in [0.4, 0.5) is 4.39 Å². The van der Waals surface area contributed by atoms with Crippen LogP contribution in [0.2, 0.25) is 0 Å². The van der Waals surface area contributed by atoms with Crippen molar-refractivity contribution in [2.24, 2.45) is 0 Å². The number of piperidine rings is 1. The summed E-state index contributed by atoms with van der Waals surface area (Å²) in [5.41, 5.74) is 2.30. The number of fused-ring (bicyclic) bond motifs is 2. The highest BCUT2D eigenvalue weighted by molar-refractivity contribution is 5.42. The van der Waals surface area contributed by atoms with Gasteiger partial charge in [0.25, 0.3) is 0 Å². The van der Waals surface area contributed by atoms with Crippen molar-refractivity contribution in [2.75, 3.05) is 0 Å². The number of rotatable bonds is 3. The number of hydrogen-bond acceptors (Lipinski definition) is 3.